The summed E-state index contributed by atoms with van der Waals surface area (Å²) in [5.41, 5.74) is 1.66. The molecule has 1 unspecified atom stereocenters. The first kappa shape index (κ1) is 17.3. The van der Waals surface area contributed by atoms with Gasteiger partial charge in [0.05, 0.1) is 0 Å². The molecule has 0 aliphatic rings. The minimum absolute atomic E-state index is 0.0174. The molecule has 2 rings (SSSR count). The molecule has 0 fully saturated rings. The third-order valence-electron chi connectivity index (χ3n) is 3.58. The molecule has 1 atom stereocenters. The van der Waals surface area contributed by atoms with Gasteiger partial charge in [-0.25, -0.2) is 4.57 Å². The molecule has 7 heteroatoms. The molecule has 0 saturated heterocycles. The van der Waals surface area contributed by atoms with E-state index in [0.717, 1.165) is 5.56 Å². The van der Waals surface area contributed by atoms with Gasteiger partial charge in [0.25, 0.3) is 0 Å². The number of hydrogen-bond donors (Lipinski definition) is 4. The zero-order chi connectivity index (χ0) is 17.0. The third kappa shape index (κ3) is 5.28. The average molecular weight is 338 g/mol. The zero-order valence-electron chi connectivity index (χ0n) is 12.6. The fourth-order valence-corrected chi connectivity index (χ4v) is 2.73. The van der Waals surface area contributed by atoms with Gasteiger partial charge in [-0.3, -0.25) is 9.79 Å². The first-order valence-corrected chi connectivity index (χ1v) is 8.63. The quantitative estimate of drug-likeness (QED) is 0.602. The van der Waals surface area contributed by atoms with Crippen molar-refractivity contribution < 1.29 is 29.1 Å². The van der Waals surface area contributed by atoms with Gasteiger partial charge in [0.15, 0.2) is 0 Å². The van der Waals surface area contributed by atoms with Gasteiger partial charge in [0.1, 0.15) is 17.2 Å². The normalized spacial score (nSPS) is 12.8. The Bertz CT molecular complexity index is 707. The van der Waals surface area contributed by atoms with Crippen LogP contribution >= 0.6 is 7.82 Å². The van der Waals surface area contributed by atoms with Gasteiger partial charge in [-0.2, -0.15) is 0 Å². The number of rotatable bonds is 6. The molecule has 0 heterocycles. The topological polar surface area (TPSA) is 107 Å². The zero-order valence-corrected chi connectivity index (χ0v) is 13.5. The maximum absolute atomic E-state index is 11.0. The molecule has 2 aromatic carbocycles. The number of phenolic OH excluding ortho intramolecular Hbond substituents is 2. The van der Waals surface area contributed by atoms with Gasteiger partial charge < -0.3 is 14.7 Å². The Labute approximate surface area is 134 Å². The summed E-state index contributed by atoms with van der Waals surface area (Å²) in [5.74, 6) is 0.254. The Morgan fingerprint density at radius 2 is 1.65 bits per heavy atom. The van der Waals surface area contributed by atoms with Gasteiger partial charge in [-0.1, -0.05) is 25.1 Å². The van der Waals surface area contributed by atoms with Gasteiger partial charge >= 0.3 is 7.82 Å². The van der Waals surface area contributed by atoms with Crippen LogP contribution in [0.4, 0.5) is 0 Å². The lowest BCUT2D eigenvalue weighted by Crippen LogP contribution is -1.99. The SMILES string of the molecule is CC(CCc1ccc(O)cc1OP(=O)(O)O)c1ccc(O)cc1. The highest BCUT2D eigenvalue weighted by Crippen LogP contribution is 2.41. The van der Waals surface area contributed by atoms with E-state index in [-0.39, 0.29) is 23.2 Å². The number of aryl methyl sites for hydroxylation is 1. The van der Waals surface area contributed by atoms with Crippen molar-refractivity contribution in [1.29, 1.82) is 0 Å². The maximum Gasteiger partial charge on any atom is 0.524 e. The number of phosphoric acid groups is 1. The highest BCUT2D eigenvalue weighted by molar-refractivity contribution is 7.46. The number of phenols is 2. The average Bonchev–Trinajstić information content (AvgIpc) is 2.45. The van der Waals surface area contributed by atoms with Crippen molar-refractivity contribution >= 4 is 7.82 Å². The predicted octanol–water partition coefficient (Wildman–Crippen LogP) is 3.31. The van der Waals surface area contributed by atoms with E-state index in [4.69, 9.17) is 9.79 Å². The summed E-state index contributed by atoms with van der Waals surface area (Å²) in [4.78, 5) is 17.9. The van der Waals surface area contributed by atoms with Crippen LogP contribution in [0, 0.1) is 0 Å². The molecule has 2 aromatic rings. The summed E-state index contributed by atoms with van der Waals surface area (Å²) >= 11 is 0. The van der Waals surface area contributed by atoms with E-state index < -0.39 is 7.82 Å². The Morgan fingerprint density at radius 1 is 1.04 bits per heavy atom. The highest BCUT2D eigenvalue weighted by atomic mass is 31.2. The minimum Gasteiger partial charge on any atom is -0.508 e. The van der Waals surface area contributed by atoms with Crippen LogP contribution in [0.5, 0.6) is 17.2 Å². The van der Waals surface area contributed by atoms with E-state index in [1.165, 1.54) is 12.1 Å². The van der Waals surface area contributed by atoms with E-state index in [0.29, 0.717) is 18.4 Å². The van der Waals surface area contributed by atoms with E-state index in [1.54, 1.807) is 18.2 Å². The summed E-state index contributed by atoms with van der Waals surface area (Å²) in [6.45, 7) is 2.02. The number of aromatic hydroxyl groups is 2. The smallest absolute Gasteiger partial charge is 0.508 e. The lowest BCUT2D eigenvalue weighted by Gasteiger charge is -2.15. The standard InChI is InChI=1S/C16H19O6P/c1-11(12-4-7-14(17)8-5-12)2-3-13-6-9-15(18)10-16(13)22-23(19,20)21/h4-11,17-18H,2-3H2,1H3,(H2,19,20,21). The molecule has 23 heavy (non-hydrogen) atoms. The molecule has 0 bridgehead atoms. The summed E-state index contributed by atoms with van der Waals surface area (Å²) in [6.07, 6.45) is 1.24. The second kappa shape index (κ2) is 7.04. The maximum atomic E-state index is 11.0. The Hall–Kier alpha value is -2.01. The van der Waals surface area contributed by atoms with Crippen molar-refractivity contribution in [2.45, 2.75) is 25.7 Å². The minimum atomic E-state index is -4.68. The van der Waals surface area contributed by atoms with Crippen LogP contribution in [-0.4, -0.2) is 20.0 Å². The monoisotopic (exact) mass is 338 g/mol. The molecule has 0 saturated carbocycles. The fraction of sp³-hybridized carbons (Fsp3) is 0.250. The second-order valence-electron chi connectivity index (χ2n) is 5.41. The second-order valence-corrected chi connectivity index (χ2v) is 6.57. The summed E-state index contributed by atoms with van der Waals surface area (Å²) in [6, 6.07) is 11.1. The van der Waals surface area contributed by atoms with Crippen molar-refractivity contribution in [3.8, 4) is 17.2 Å². The van der Waals surface area contributed by atoms with Gasteiger partial charge in [-0.05, 0) is 48.1 Å². The molecule has 124 valence electrons. The largest absolute Gasteiger partial charge is 0.524 e. The molecular weight excluding hydrogens is 319 g/mol. The van der Waals surface area contributed by atoms with Crippen LogP contribution < -0.4 is 4.52 Å². The van der Waals surface area contributed by atoms with E-state index in [2.05, 4.69) is 4.52 Å². The first-order chi connectivity index (χ1) is 10.7. The van der Waals surface area contributed by atoms with Crippen molar-refractivity contribution in [2.24, 2.45) is 0 Å². The van der Waals surface area contributed by atoms with E-state index >= 15 is 0 Å². The summed E-state index contributed by atoms with van der Waals surface area (Å²) in [7, 11) is -4.68. The molecule has 0 spiro atoms. The molecule has 0 radical (unpaired) electrons. The van der Waals surface area contributed by atoms with Gasteiger partial charge in [-0.15, -0.1) is 0 Å². The van der Waals surface area contributed by atoms with Crippen molar-refractivity contribution in [3.05, 3.63) is 53.6 Å². The van der Waals surface area contributed by atoms with Crippen molar-refractivity contribution in [1.82, 2.24) is 0 Å². The van der Waals surface area contributed by atoms with E-state index in [1.807, 2.05) is 19.1 Å². The summed E-state index contributed by atoms with van der Waals surface area (Å²) in [5, 5.41) is 18.8. The molecule has 0 aliphatic heterocycles. The fourth-order valence-electron chi connectivity index (χ4n) is 2.30. The van der Waals surface area contributed by atoms with Crippen LogP contribution in [0.25, 0.3) is 0 Å². The van der Waals surface area contributed by atoms with Crippen LogP contribution in [0.2, 0.25) is 0 Å². The van der Waals surface area contributed by atoms with Crippen LogP contribution in [0.15, 0.2) is 42.5 Å². The molecule has 0 aromatic heterocycles. The van der Waals surface area contributed by atoms with Gasteiger partial charge in [0, 0.05) is 6.07 Å². The van der Waals surface area contributed by atoms with Crippen LogP contribution in [0.1, 0.15) is 30.4 Å². The third-order valence-corrected chi connectivity index (χ3v) is 4.01. The Kier molecular flexibility index (Phi) is 5.31. The van der Waals surface area contributed by atoms with Crippen LogP contribution in [0.3, 0.4) is 0 Å². The van der Waals surface area contributed by atoms with Crippen molar-refractivity contribution in [3.63, 3.8) is 0 Å². The molecular formula is C16H19O6P. The molecule has 6 nitrogen and oxygen atoms in total. The highest BCUT2D eigenvalue weighted by Gasteiger charge is 2.19. The number of phosphoric ester groups is 1. The lowest BCUT2D eigenvalue weighted by atomic mass is 9.94. The van der Waals surface area contributed by atoms with E-state index in [9.17, 15) is 14.8 Å². The molecule has 0 amide bonds. The number of benzene rings is 2. The first-order valence-electron chi connectivity index (χ1n) is 7.10. The molecule has 4 N–H and O–H groups in total. The van der Waals surface area contributed by atoms with Gasteiger partial charge in [0.2, 0.25) is 0 Å². The number of hydrogen-bond acceptors (Lipinski definition) is 4. The Balaban J connectivity index is 2.10. The van der Waals surface area contributed by atoms with Crippen LogP contribution in [-0.2, 0) is 11.0 Å². The Morgan fingerprint density at radius 3 is 2.26 bits per heavy atom. The molecule has 0 aliphatic carbocycles. The van der Waals surface area contributed by atoms with Crippen molar-refractivity contribution in [2.75, 3.05) is 0 Å². The summed E-state index contributed by atoms with van der Waals surface area (Å²) < 4.78 is 15.7. The predicted molar refractivity (Wildman–Crippen MR) is 85.6 cm³/mol. The lowest BCUT2D eigenvalue weighted by molar-refractivity contribution is 0.281.